The Morgan fingerprint density at radius 1 is 1.17 bits per heavy atom. The van der Waals surface area contributed by atoms with Crippen molar-refractivity contribution in [2.75, 3.05) is 13.7 Å². The fraction of sp³-hybridized carbons (Fsp3) is 0.222. The molecule has 0 saturated heterocycles. The monoisotopic (exact) mass is 327 g/mol. The molecule has 3 aromatic rings. The van der Waals surface area contributed by atoms with Crippen LogP contribution in [0.3, 0.4) is 0 Å². The van der Waals surface area contributed by atoms with Crippen LogP contribution >= 0.6 is 0 Å². The molecule has 0 aliphatic heterocycles. The molecule has 2 aromatic carbocycles. The van der Waals surface area contributed by atoms with Crippen molar-refractivity contribution in [3.63, 3.8) is 0 Å². The summed E-state index contributed by atoms with van der Waals surface area (Å²) >= 11 is 0. The number of fused-ring (bicyclic) bond motifs is 1. The molecule has 0 bridgehead atoms. The van der Waals surface area contributed by atoms with Crippen molar-refractivity contribution >= 4 is 17.1 Å². The molecule has 0 N–H and O–H groups in total. The summed E-state index contributed by atoms with van der Waals surface area (Å²) in [5.74, 6) is 0.924. The maximum atomic E-state index is 12.2. The number of carbonyl (C=O) groups excluding carboxylic acids is 1. The van der Waals surface area contributed by atoms with Crippen molar-refractivity contribution in [2.45, 2.75) is 13.5 Å². The minimum absolute atomic E-state index is 0.0382. The predicted molar refractivity (Wildman–Crippen MR) is 87.3 cm³/mol. The minimum Gasteiger partial charge on any atom is -0.493 e. The van der Waals surface area contributed by atoms with E-state index in [1.165, 1.54) is 0 Å². The molecular formula is C18H17NO5. The van der Waals surface area contributed by atoms with Crippen molar-refractivity contribution < 1.29 is 23.4 Å². The van der Waals surface area contributed by atoms with E-state index >= 15 is 0 Å². The van der Waals surface area contributed by atoms with Gasteiger partial charge in [0, 0.05) is 0 Å². The molecule has 0 spiro atoms. The zero-order valence-corrected chi connectivity index (χ0v) is 13.4. The highest BCUT2D eigenvalue weighted by Gasteiger charge is 2.14. The number of ether oxygens (including phenoxy) is 3. The number of hydrogen-bond donors (Lipinski definition) is 0. The number of rotatable bonds is 6. The first kappa shape index (κ1) is 15.9. The highest BCUT2D eigenvalue weighted by Crippen LogP contribution is 2.28. The number of benzene rings is 2. The molecule has 3 rings (SSSR count). The Labute approximate surface area is 139 Å². The van der Waals surface area contributed by atoms with Gasteiger partial charge in [-0.2, -0.15) is 0 Å². The van der Waals surface area contributed by atoms with Gasteiger partial charge in [0.05, 0.1) is 19.3 Å². The molecule has 24 heavy (non-hydrogen) atoms. The molecule has 0 fully saturated rings. The topological polar surface area (TPSA) is 70.8 Å². The molecule has 6 heteroatoms. The first-order valence-electron chi connectivity index (χ1n) is 7.53. The SMILES string of the molecule is CCOc1cc(C(=O)OCc2nc3ccccc3o2)ccc1OC. The lowest BCUT2D eigenvalue weighted by Gasteiger charge is -2.10. The highest BCUT2D eigenvalue weighted by atomic mass is 16.5. The number of esters is 1. The molecule has 1 aromatic heterocycles. The Balaban J connectivity index is 1.71. The summed E-state index contributed by atoms with van der Waals surface area (Å²) in [6, 6.07) is 12.3. The molecule has 0 atom stereocenters. The van der Waals surface area contributed by atoms with E-state index in [9.17, 15) is 4.79 Å². The third-order valence-corrected chi connectivity index (χ3v) is 3.36. The molecule has 0 saturated carbocycles. The van der Waals surface area contributed by atoms with E-state index in [1.54, 1.807) is 25.3 Å². The van der Waals surface area contributed by atoms with Crippen LogP contribution in [0, 0.1) is 0 Å². The van der Waals surface area contributed by atoms with Crippen LogP contribution < -0.4 is 9.47 Å². The second kappa shape index (κ2) is 7.04. The maximum absolute atomic E-state index is 12.2. The molecule has 0 radical (unpaired) electrons. The van der Waals surface area contributed by atoms with Gasteiger partial charge in [0.2, 0.25) is 5.89 Å². The Kier molecular flexibility index (Phi) is 4.65. The lowest BCUT2D eigenvalue weighted by molar-refractivity contribution is 0.0439. The fourth-order valence-electron chi connectivity index (χ4n) is 2.26. The zero-order chi connectivity index (χ0) is 16.9. The van der Waals surface area contributed by atoms with Crippen molar-refractivity contribution in [2.24, 2.45) is 0 Å². The lowest BCUT2D eigenvalue weighted by atomic mass is 10.2. The van der Waals surface area contributed by atoms with Crippen LogP contribution in [0.2, 0.25) is 0 Å². The average Bonchev–Trinajstić information content (AvgIpc) is 3.03. The summed E-state index contributed by atoms with van der Waals surface area (Å²) < 4.78 is 21.4. The van der Waals surface area contributed by atoms with Gasteiger partial charge >= 0.3 is 5.97 Å². The Hall–Kier alpha value is -3.02. The molecule has 0 aliphatic rings. The lowest BCUT2D eigenvalue weighted by Crippen LogP contribution is -2.06. The van der Waals surface area contributed by atoms with Gasteiger partial charge in [-0.25, -0.2) is 9.78 Å². The number of para-hydroxylation sites is 2. The normalized spacial score (nSPS) is 10.6. The van der Waals surface area contributed by atoms with Crippen LogP contribution in [0.15, 0.2) is 46.9 Å². The van der Waals surface area contributed by atoms with Crippen LogP contribution in [0.5, 0.6) is 11.5 Å². The fourth-order valence-corrected chi connectivity index (χ4v) is 2.26. The van der Waals surface area contributed by atoms with Crippen LogP contribution in [0.25, 0.3) is 11.1 Å². The van der Waals surface area contributed by atoms with E-state index in [0.717, 1.165) is 5.52 Å². The van der Waals surface area contributed by atoms with Crippen molar-refractivity contribution in [3.8, 4) is 11.5 Å². The second-order valence-electron chi connectivity index (χ2n) is 4.95. The van der Waals surface area contributed by atoms with E-state index in [4.69, 9.17) is 18.6 Å². The Bertz CT molecular complexity index is 822. The Morgan fingerprint density at radius 3 is 2.75 bits per heavy atom. The summed E-state index contributed by atoms with van der Waals surface area (Å²) in [6.07, 6.45) is 0. The van der Waals surface area contributed by atoms with E-state index in [1.807, 2.05) is 31.2 Å². The van der Waals surface area contributed by atoms with Gasteiger partial charge in [-0.15, -0.1) is 0 Å². The predicted octanol–water partition coefficient (Wildman–Crippen LogP) is 3.59. The Morgan fingerprint density at radius 2 is 2.00 bits per heavy atom. The minimum atomic E-state index is -0.485. The van der Waals surface area contributed by atoms with E-state index < -0.39 is 5.97 Å². The van der Waals surface area contributed by atoms with Crippen molar-refractivity contribution in [3.05, 3.63) is 53.9 Å². The van der Waals surface area contributed by atoms with E-state index in [2.05, 4.69) is 4.98 Å². The standard InChI is InChI=1S/C18H17NO5/c1-3-22-16-10-12(8-9-15(16)21-2)18(20)23-11-17-19-13-6-4-5-7-14(13)24-17/h4-10H,3,11H2,1-2H3. The third-order valence-electron chi connectivity index (χ3n) is 3.36. The summed E-state index contributed by atoms with van der Waals surface area (Å²) in [5, 5.41) is 0. The summed E-state index contributed by atoms with van der Waals surface area (Å²) in [6.45, 7) is 2.29. The van der Waals surface area contributed by atoms with E-state index in [0.29, 0.717) is 35.1 Å². The number of nitrogens with zero attached hydrogens (tertiary/aromatic N) is 1. The van der Waals surface area contributed by atoms with Crippen LogP contribution in [-0.2, 0) is 11.3 Å². The number of carbonyl (C=O) groups is 1. The van der Waals surface area contributed by atoms with Crippen molar-refractivity contribution in [1.82, 2.24) is 4.98 Å². The first-order chi connectivity index (χ1) is 11.7. The third kappa shape index (κ3) is 3.32. The van der Waals surface area contributed by atoms with Gasteiger partial charge in [0.15, 0.2) is 23.7 Å². The smallest absolute Gasteiger partial charge is 0.338 e. The summed E-state index contributed by atoms with van der Waals surface area (Å²) in [4.78, 5) is 16.5. The number of oxazole rings is 1. The largest absolute Gasteiger partial charge is 0.493 e. The summed E-state index contributed by atoms with van der Waals surface area (Å²) in [7, 11) is 1.54. The molecular weight excluding hydrogens is 310 g/mol. The quantitative estimate of drug-likeness (QED) is 0.644. The molecule has 0 aliphatic carbocycles. The van der Waals surface area contributed by atoms with Crippen LogP contribution in [0.1, 0.15) is 23.2 Å². The number of aromatic nitrogens is 1. The average molecular weight is 327 g/mol. The van der Waals surface area contributed by atoms with Gasteiger partial charge in [-0.05, 0) is 37.3 Å². The highest BCUT2D eigenvalue weighted by molar-refractivity contribution is 5.90. The van der Waals surface area contributed by atoms with Crippen LogP contribution in [-0.4, -0.2) is 24.7 Å². The second-order valence-corrected chi connectivity index (χ2v) is 4.95. The first-order valence-corrected chi connectivity index (χ1v) is 7.53. The summed E-state index contributed by atoms with van der Waals surface area (Å²) in [5.41, 5.74) is 1.76. The van der Waals surface area contributed by atoms with Gasteiger partial charge in [-0.3, -0.25) is 0 Å². The number of methoxy groups -OCH3 is 1. The molecule has 0 unspecified atom stereocenters. The molecule has 1 heterocycles. The molecule has 0 amide bonds. The molecule has 124 valence electrons. The zero-order valence-electron chi connectivity index (χ0n) is 13.4. The van der Waals surface area contributed by atoms with Gasteiger partial charge < -0.3 is 18.6 Å². The van der Waals surface area contributed by atoms with Gasteiger partial charge in [0.25, 0.3) is 0 Å². The van der Waals surface area contributed by atoms with Gasteiger partial charge in [-0.1, -0.05) is 12.1 Å². The molecule has 6 nitrogen and oxygen atoms in total. The number of hydrogen-bond acceptors (Lipinski definition) is 6. The maximum Gasteiger partial charge on any atom is 0.338 e. The van der Waals surface area contributed by atoms with Crippen LogP contribution in [0.4, 0.5) is 0 Å². The van der Waals surface area contributed by atoms with E-state index in [-0.39, 0.29) is 6.61 Å². The van der Waals surface area contributed by atoms with Gasteiger partial charge in [0.1, 0.15) is 5.52 Å². The van der Waals surface area contributed by atoms with Crippen molar-refractivity contribution in [1.29, 1.82) is 0 Å².